The molecule has 0 radical (unpaired) electrons. The first-order valence-electron chi connectivity index (χ1n) is 32.9. The zero-order valence-corrected chi connectivity index (χ0v) is 55.7. The number of aryl methyl sites for hydroxylation is 3. The van der Waals surface area contributed by atoms with Crippen molar-refractivity contribution in [1.82, 2.24) is 0 Å². The Balaban J connectivity index is 0.000000192. The van der Waals surface area contributed by atoms with Crippen LogP contribution in [-0.4, -0.2) is 189 Å². The summed E-state index contributed by atoms with van der Waals surface area (Å²) in [5.74, 6) is -4.10. The van der Waals surface area contributed by atoms with E-state index in [-0.39, 0.29) is 31.5 Å². The standard InChI is InChI=1S/C16H23NO4.C15H21NO4.C14H19NO4.C13H17NO4S.C13H17NO4/c17-14(16(18)19)11-13-7-5-12(6-8-13)3-1-2-4-15-20-9-10-21-15;16-13(15(17)18)10-12-6-4-11(5-7-12)2-1-3-14-19-8-9-20-14;15-12(14(16)17)9-11-3-1-10(2-4-11)5-6-13-18-7-8-19-13;14-11(13(15)16)7-9-1-3-10(4-2-9)19-8-12-17-5-6-18-12;14-11(13(15)16)7-9-1-3-10(4-2-9)8-12-17-5-6-18-12/h5-8,14-15H,1-4,9-11,17H2,(H,18,19);4-7,13-14H,1-3,8-10,16H2,(H,17,18);1-4,12-13H,5-9,15H2,(H,16,17);1-4,11-12H,5-8,14H2,(H,15,16);1-4,11-12H,5-8,14H2,(H,15,16). The molecule has 25 nitrogen and oxygen atoms in total. The van der Waals surface area contributed by atoms with Crippen LogP contribution in [0.3, 0.4) is 0 Å². The molecule has 15 N–H and O–H groups in total. The highest BCUT2D eigenvalue weighted by Crippen LogP contribution is 2.23. The van der Waals surface area contributed by atoms with Gasteiger partial charge < -0.3 is 102 Å². The fourth-order valence-electron chi connectivity index (χ4n) is 10.3. The van der Waals surface area contributed by atoms with Gasteiger partial charge in [0.05, 0.1) is 66.1 Å². The third-order valence-electron chi connectivity index (χ3n) is 15.9. The van der Waals surface area contributed by atoms with Crippen molar-refractivity contribution in [2.45, 2.75) is 163 Å². The highest BCUT2D eigenvalue weighted by Gasteiger charge is 2.22. The predicted molar refractivity (Wildman–Crippen MR) is 360 cm³/mol. The number of ether oxygens (including phenoxy) is 10. The van der Waals surface area contributed by atoms with Crippen LogP contribution in [0.4, 0.5) is 0 Å². The Kier molecular flexibility index (Phi) is 36.1. The van der Waals surface area contributed by atoms with Crippen LogP contribution < -0.4 is 28.7 Å². The Bertz CT molecular complexity index is 2970. The van der Waals surface area contributed by atoms with Gasteiger partial charge in [-0.2, -0.15) is 0 Å². The molecule has 5 fully saturated rings. The summed E-state index contributed by atoms with van der Waals surface area (Å²) in [5.41, 5.74) is 37.0. The van der Waals surface area contributed by atoms with Crippen molar-refractivity contribution in [3.8, 4) is 0 Å². The van der Waals surface area contributed by atoms with Gasteiger partial charge in [0.15, 0.2) is 31.5 Å². The van der Waals surface area contributed by atoms with E-state index in [1.165, 1.54) is 16.7 Å². The molecule has 97 heavy (non-hydrogen) atoms. The average Bonchev–Trinajstić information content (AvgIpc) is 2.35. The van der Waals surface area contributed by atoms with Crippen LogP contribution in [0.25, 0.3) is 0 Å². The number of benzene rings is 5. The number of carbonyl (C=O) groups is 5. The first kappa shape index (κ1) is 79.2. The van der Waals surface area contributed by atoms with E-state index in [1.807, 2.05) is 121 Å². The Morgan fingerprint density at radius 2 is 0.557 bits per heavy atom. The summed E-state index contributed by atoms with van der Waals surface area (Å²) in [7, 11) is 0. The number of thioether (sulfide) groups is 1. The van der Waals surface area contributed by atoms with E-state index in [1.54, 1.807) is 11.8 Å². The zero-order valence-electron chi connectivity index (χ0n) is 54.9. The number of carboxylic acid groups (broad SMARTS) is 5. The van der Waals surface area contributed by atoms with Crippen molar-refractivity contribution in [2.75, 3.05) is 71.8 Å². The van der Waals surface area contributed by atoms with Gasteiger partial charge in [-0.05, 0) is 146 Å². The Labute approximate surface area is 570 Å². The van der Waals surface area contributed by atoms with Gasteiger partial charge in [-0.15, -0.1) is 11.8 Å². The molecule has 5 atom stereocenters. The van der Waals surface area contributed by atoms with Gasteiger partial charge in [0.25, 0.3) is 0 Å². The van der Waals surface area contributed by atoms with Gasteiger partial charge in [0, 0.05) is 23.5 Å². The topological polar surface area (TPSA) is 409 Å². The van der Waals surface area contributed by atoms with Crippen LogP contribution in [0.2, 0.25) is 0 Å². The molecular formula is C71H97N5O20S. The number of nitrogens with two attached hydrogens (primary N) is 5. The lowest BCUT2D eigenvalue weighted by molar-refractivity contribution is -0.139. The van der Waals surface area contributed by atoms with Crippen LogP contribution in [-0.2, 0) is 129 Å². The molecule has 10 rings (SSSR count). The summed E-state index contributed by atoms with van der Waals surface area (Å²) in [6.45, 7) is 6.80. The fourth-order valence-corrected chi connectivity index (χ4v) is 11.1. The highest BCUT2D eigenvalue weighted by molar-refractivity contribution is 7.99. The highest BCUT2D eigenvalue weighted by atomic mass is 32.2. The lowest BCUT2D eigenvalue weighted by atomic mass is 10.0. The number of rotatable bonds is 32. The second kappa shape index (κ2) is 44.3. The third-order valence-corrected chi connectivity index (χ3v) is 16.9. The molecule has 5 heterocycles. The molecule has 0 spiro atoms. The van der Waals surface area contributed by atoms with Crippen molar-refractivity contribution in [1.29, 1.82) is 0 Å². The van der Waals surface area contributed by atoms with E-state index in [0.717, 1.165) is 102 Å². The number of hydrogen-bond donors (Lipinski definition) is 10. The number of carboxylic acids is 5. The first-order chi connectivity index (χ1) is 46.7. The smallest absolute Gasteiger partial charge is 0.320 e. The third kappa shape index (κ3) is 32.2. The van der Waals surface area contributed by atoms with E-state index in [9.17, 15) is 24.0 Å². The molecule has 0 aromatic heterocycles. The maximum atomic E-state index is 10.7. The number of hydrogen-bond acceptors (Lipinski definition) is 21. The van der Waals surface area contributed by atoms with Gasteiger partial charge in [-0.1, -0.05) is 109 Å². The molecule has 5 aromatic carbocycles. The van der Waals surface area contributed by atoms with Gasteiger partial charge in [0.1, 0.15) is 30.2 Å². The Morgan fingerprint density at radius 1 is 0.309 bits per heavy atom. The van der Waals surface area contributed by atoms with Crippen LogP contribution in [0.1, 0.15) is 88.6 Å². The second-order valence-electron chi connectivity index (χ2n) is 23.7. The van der Waals surface area contributed by atoms with Crippen LogP contribution in [0.15, 0.2) is 126 Å². The number of aliphatic carboxylic acids is 5. The summed E-state index contributed by atoms with van der Waals surface area (Å²) < 4.78 is 53.7. The predicted octanol–water partition coefficient (Wildman–Crippen LogP) is 5.67. The summed E-state index contributed by atoms with van der Waals surface area (Å²) in [6.07, 6.45) is 10.8. The average molecular weight is 1370 g/mol. The molecule has 532 valence electrons. The maximum absolute atomic E-state index is 10.7. The van der Waals surface area contributed by atoms with E-state index in [4.69, 9.17) is 102 Å². The minimum absolute atomic E-state index is 0.00937. The van der Waals surface area contributed by atoms with Crippen molar-refractivity contribution in [3.63, 3.8) is 0 Å². The van der Waals surface area contributed by atoms with E-state index < -0.39 is 60.1 Å². The summed E-state index contributed by atoms with van der Waals surface area (Å²) in [5, 5.41) is 43.8. The molecule has 5 unspecified atom stereocenters. The lowest BCUT2D eigenvalue weighted by Gasteiger charge is -2.10. The Morgan fingerprint density at radius 3 is 0.887 bits per heavy atom. The van der Waals surface area contributed by atoms with Gasteiger partial charge in [-0.3, -0.25) is 24.0 Å². The van der Waals surface area contributed by atoms with E-state index in [0.29, 0.717) is 105 Å². The monoisotopic (exact) mass is 1370 g/mol. The van der Waals surface area contributed by atoms with Crippen molar-refractivity contribution in [2.24, 2.45) is 28.7 Å². The molecule has 5 aliphatic heterocycles. The SMILES string of the molecule is NC(Cc1ccc(CC2OCCO2)cc1)C(=O)O.NC(Cc1ccc(CCC2OCCO2)cc1)C(=O)O.NC(Cc1ccc(CCCC2OCCO2)cc1)C(=O)O.NC(Cc1ccc(CCCCC2OCCO2)cc1)C(=O)O.NC(Cc1ccc(SCC2OCCO2)cc1)C(=O)O. The molecule has 0 bridgehead atoms. The first-order valence-corrected chi connectivity index (χ1v) is 33.8. The molecule has 26 heteroatoms. The summed E-state index contributed by atoms with van der Waals surface area (Å²) >= 11 is 1.65. The van der Waals surface area contributed by atoms with Crippen molar-refractivity contribution < 1.29 is 96.9 Å². The fraction of sp³-hybridized carbons (Fsp3) is 0.507. The van der Waals surface area contributed by atoms with Crippen LogP contribution in [0, 0.1) is 0 Å². The normalized spacial score (nSPS) is 17.4. The van der Waals surface area contributed by atoms with Gasteiger partial charge in [0.2, 0.25) is 0 Å². The largest absolute Gasteiger partial charge is 0.480 e. The van der Waals surface area contributed by atoms with E-state index in [2.05, 4.69) is 0 Å². The van der Waals surface area contributed by atoms with Gasteiger partial charge in [-0.25, -0.2) is 0 Å². The molecule has 5 aromatic rings. The Hall–Kier alpha value is -6.80. The minimum atomic E-state index is -0.980. The summed E-state index contributed by atoms with van der Waals surface area (Å²) in [6, 6.07) is 35.0. The zero-order chi connectivity index (χ0) is 69.7. The minimum Gasteiger partial charge on any atom is -0.480 e. The summed E-state index contributed by atoms with van der Waals surface area (Å²) in [4.78, 5) is 54.5. The molecule has 0 saturated carbocycles. The number of unbranched alkanes of at least 4 members (excludes halogenated alkanes) is 1. The lowest BCUT2D eigenvalue weighted by Crippen LogP contribution is -2.32. The molecule has 5 aliphatic rings. The van der Waals surface area contributed by atoms with Crippen molar-refractivity contribution >= 4 is 41.6 Å². The molecule has 5 saturated heterocycles. The maximum Gasteiger partial charge on any atom is 0.320 e. The van der Waals surface area contributed by atoms with Crippen molar-refractivity contribution in [3.05, 3.63) is 171 Å². The molecule has 0 aliphatic carbocycles. The quantitative estimate of drug-likeness (QED) is 0.0183. The van der Waals surface area contributed by atoms with Crippen LogP contribution in [0.5, 0.6) is 0 Å². The van der Waals surface area contributed by atoms with Crippen LogP contribution >= 0.6 is 11.8 Å². The molecule has 0 amide bonds. The van der Waals surface area contributed by atoms with Gasteiger partial charge >= 0.3 is 29.8 Å². The molecular weight excluding hydrogens is 1270 g/mol. The van der Waals surface area contributed by atoms with E-state index >= 15 is 0 Å². The second-order valence-corrected chi connectivity index (χ2v) is 24.8.